The van der Waals surface area contributed by atoms with E-state index in [0.29, 0.717) is 25.8 Å². The van der Waals surface area contributed by atoms with Crippen molar-refractivity contribution in [1.82, 2.24) is 10.2 Å². The van der Waals surface area contributed by atoms with Crippen molar-refractivity contribution in [3.63, 3.8) is 0 Å². The number of nitrogens with one attached hydrogen (secondary N) is 2. The van der Waals surface area contributed by atoms with Gasteiger partial charge in [0.1, 0.15) is 22.4 Å². The Labute approximate surface area is 192 Å². The Morgan fingerprint density at radius 1 is 1.09 bits per heavy atom. The highest BCUT2D eigenvalue weighted by molar-refractivity contribution is 6.12. The summed E-state index contributed by atoms with van der Waals surface area (Å²) in [6.45, 7) is 8.86. The third-order valence-corrected chi connectivity index (χ3v) is 9.84. The van der Waals surface area contributed by atoms with Crippen molar-refractivity contribution in [1.29, 1.82) is 0 Å². The Bertz CT molecular complexity index is 1230. The lowest BCUT2D eigenvalue weighted by atomic mass is 9.57. The molecule has 172 valence electrons. The highest BCUT2D eigenvalue weighted by Gasteiger charge is 2.80. The Morgan fingerprint density at radius 2 is 1.88 bits per heavy atom. The number of amides is 3. The van der Waals surface area contributed by atoms with Gasteiger partial charge in [0.2, 0.25) is 17.7 Å². The number of nitrogens with zero attached hydrogens (tertiary/aromatic N) is 1. The van der Waals surface area contributed by atoms with E-state index in [9.17, 15) is 14.4 Å². The summed E-state index contributed by atoms with van der Waals surface area (Å²) in [4.78, 5) is 43.0. The number of hydrogen-bond acceptors (Lipinski definition) is 4. The van der Waals surface area contributed by atoms with Crippen molar-refractivity contribution in [2.75, 3.05) is 11.9 Å². The van der Waals surface area contributed by atoms with Crippen molar-refractivity contribution in [3.8, 4) is 5.75 Å². The number of carbonyl (C=O) groups excluding carboxylic acids is 3. The SMILES string of the molecule is CC1(C)C=Cc2c(ccc3c2NC(=O)[C@]32CC34NC(=O)[C@@]5(CCCN5C3=O)C[C@@H]4C2(C)C)O1. The van der Waals surface area contributed by atoms with Gasteiger partial charge in [-0.25, -0.2) is 0 Å². The third-order valence-electron chi connectivity index (χ3n) is 9.84. The number of piperidine rings is 2. The minimum atomic E-state index is -1.03. The molecular weight excluding hydrogens is 418 g/mol. The molecule has 3 spiro atoms. The summed E-state index contributed by atoms with van der Waals surface area (Å²) in [7, 11) is 0. The lowest BCUT2D eigenvalue weighted by molar-refractivity contribution is -0.175. The van der Waals surface area contributed by atoms with Crippen LogP contribution in [0.5, 0.6) is 5.75 Å². The van der Waals surface area contributed by atoms with Gasteiger partial charge in [0.25, 0.3) is 0 Å². The quantitative estimate of drug-likeness (QED) is 0.640. The molecule has 0 radical (unpaired) electrons. The zero-order chi connectivity index (χ0) is 23.2. The van der Waals surface area contributed by atoms with Crippen molar-refractivity contribution in [2.45, 2.75) is 75.5 Å². The van der Waals surface area contributed by atoms with Gasteiger partial charge in [-0.15, -0.1) is 0 Å². The molecule has 1 unspecified atom stereocenters. The molecule has 1 saturated carbocycles. The second-order valence-corrected chi connectivity index (χ2v) is 12.0. The van der Waals surface area contributed by atoms with E-state index in [4.69, 9.17) is 4.74 Å². The third kappa shape index (κ3) is 1.87. The van der Waals surface area contributed by atoms with Gasteiger partial charge in [0.05, 0.1) is 11.1 Å². The molecular formula is C26H29N3O4. The Kier molecular flexibility index (Phi) is 3.14. The molecule has 33 heavy (non-hydrogen) atoms. The van der Waals surface area contributed by atoms with E-state index in [-0.39, 0.29) is 23.6 Å². The van der Waals surface area contributed by atoms with Gasteiger partial charge < -0.3 is 20.3 Å². The summed E-state index contributed by atoms with van der Waals surface area (Å²) in [6, 6.07) is 3.95. The van der Waals surface area contributed by atoms with E-state index in [1.54, 1.807) is 0 Å². The van der Waals surface area contributed by atoms with E-state index < -0.39 is 27.5 Å². The number of anilines is 1. The summed E-state index contributed by atoms with van der Waals surface area (Å²) < 4.78 is 6.15. The van der Waals surface area contributed by atoms with Crippen molar-refractivity contribution in [2.24, 2.45) is 11.3 Å². The number of ether oxygens (including phenoxy) is 1. The highest BCUT2D eigenvalue weighted by atomic mass is 16.5. The first kappa shape index (κ1) is 19.6. The molecule has 7 nitrogen and oxygen atoms in total. The Hall–Kier alpha value is -2.83. The maximum absolute atomic E-state index is 13.9. The van der Waals surface area contributed by atoms with Crippen LogP contribution < -0.4 is 15.4 Å². The largest absolute Gasteiger partial charge is 0.483 e. The molecule has 7 aliphatic rings. The molecule has 8 rings (SSSR count). The summed E-state index contributed by atoms with van der Waals surface area (Å²) >= 11 is 0. The predicted molar refractivity (Wildman–Crippen MR) is 122 cm³/mol. The molecule has 2 N–H and O–H groups in total. The number of carbonyl (C=O) groups is 3. The molecule has 1 aromatic carbocycles. The number of benzene rings is 1. The topological polar surface area (TPSA) is 87.7 Å². The van der Waals surface area contributed by atoms with E-state index in [2.05, 4.69) is 24.5 Å². The van der Waals surface area contributed by atoms with Gasteiger partial charge in [-0.3, -0.25) is 14.4 Å². The second kappa shape index (κ2) is 5.29. The fourth-order valence-electron chi connectivity index (χ4n) is 8.24. The maximum atomic E-state index is 13.9. The van der Waals surface area contributed by atoms with Gasteiger partial charge >= 0.3 is 0 Å². The van der Waals surface area contributed by atoms with Crippen molar-refractivity contribution in [3.05, 3.63) is 29.3 Å². The molecule has 6 aliphatic heterocycles. The van der Waals surface area contributed by atoms with Crippen LogP contribution in [0.25, 0.3) is 6.08 Å². The minimum absolute atomic E-state index is 0.00462. The molecule has 1 aromatic rings. The fourth-order valence-corrected chi connectivity index (χ4v) is 8.24. The molecule has 1 aliphatic carbocycles. The summed E-state index contributed by atoms with van der Waals surface area (Å²) in [5, 5.41) is 6.36. The van der Waals surface area contributed by atoms with Gasteiger partial charge in [-0.05, 0) is 68.7 Å². The predicted octanol–water partition coefficient (Wildman–Crippen LogP) is 2.74. The molecule has 4 saturated heterocycles. The van der Waals surface area contributed by atoms with Crippen LogP contribution in [-0.2, 0) is 19.8 Å². The summed E-state index contributed by atoms with van der Waals surface area (Å²) in [5.74, 6) is 0.523. The van der Waals surface area contributed by atoms with Gasteiger partial charge in [0.15, 0.2) is 0 Å². The number of hydrogen-bond donors (Lipinski definition) is 2. The Morgan fingerprint density at radius 3 is 2.67 bits per heavy atom. The summed E-state index contributed by atoms with van der Waals surface area (Å²) in [5.41, 5.74) is -1.06. The molecule has 3 amide bonds. The van der Waals surface area contributed by atoms with Crippen LogP contribution in [0.15, 0.2) is 18.2 Å². The van der Waals surface area contributed by atoms with Gasteiger partial charge in [-0.1, -0.05) is 19.9 Å². The number of fused-ring (bicyclic) bond motifs is 5. The smallest absolute Gasteiger partial charge is 0.249 e. The monoisotopic (exact) mass is 447 g/mol. The van der Waals surface area contributed by atoms with E-state index in [1.807, 2.05) is 43.0 Å². The zero-order valence-electron chi connectivity index (χ0n) is 19.5. The molecule has 5 fully saturated rings. The van der Waals surface area contributed by atoms with Crippen molar-refractivity contribution < 1.29 is 19.1 Å². The maximum Gasteiger partial charge on any atom is 0.249 e. The van der Waals surface area contributed by atoms with Crippen LogP contribution in [-0.4, -0.2) is 45.8 Å². The number of piperazine rings is 1. The van der Waals surface area contributed by atoms with E-state index in [0.717, 1.165) is 29.0 Å². The van der Waals surface area contributed by atoms with Gasteiger partial charge in [-0.2, -0.15) is 0 Å². The van der Waals surface area contributed by atoms with Crippen LogP contribution in [0.2, 0.25) is 0 Å². The summed E-state index contributed by atoms with van der Waals surface area (Å²) in [6.07, 6.45) is 6.51. The molecule has 0 aromatic heterocycles. The molecule has 7 heteroatoms. The Balaban J connectivity index is 1.43. The second-order valence-electron chi connectivity index (χ2n) is 12.0. The zero-order valence-corrected chi connectivity index (χ0v) is 19.5. The van der Waals surface area contributed by atoms with E-state index in [1.165, 1.54) is 0 Å². The first-order chi connectivity index (χ1) is 15.5. The standard InChI is InChI=1S/C26H29N3O4/c1-22(2)10-8-14-16(33-22)7-6-15-18(14)27-20(31)25(15)13-26-17(23(25,3)4)12-24(19(30)28-26)9-5-11-29(24)21(26)32/h6-8,10,17H,5,9,11-13H2,1-4H3,(H,27,31)(H,28,30)/t17-,24-,25+,26?/m1/s1. The first-order valence-electron chi connectivity index (χ1n) is 12.0. The normalized spacial score (nSPS) is 40.2. The van der Waals surface area contributed by atoms with Crippen molar-refractivity contribution >= 4 is 29.5 Å². The molecule has 2 bridgehead atoms. The highest BCUT2D eigenvalue weighted by Crippen LogP contribution is 2.70. The van der Waals surface area contributed by atoms with Crippen LogP contribution in [0.1, 0.15) is 64.5 Å². The number of rotatable bonds is 0. The molecule has 4 atom stereocenters. The lowest BCUT2D eigenvalue weighted by Gasteiger charge is -2.59. The van der Waals surface area contributed by atoms with E-state index >= 15 is 0 Å². The van der Waals surface area contributed by atoms with Crippen LogP contribution >= 0.6 is 0 Å². The minimum Gasteiger partial charge on any atom is -0.483 e. The van der Waals surface area contributed by atoms with Crippen LogP contribution in [0.4, 0.5) is 5.69 Å². The average molecular weight is 448 g/mol. The lowest BCUT2D eigenvalue weighted by Crippen LogP contribution is -2.81. The average Bonchev–Trinajstić information content (AvgIpc) is 3.35. The van der Waals surface area contributed by atoms with Crippen LogP contribution in [0.3, 0.4) is 0 Å². The van der Waals surface area contributed by atoms with Gasteiger partial charge in [0, 0.05) is 18.0 Å². The fraction of sp³-hybridized carbons (Fsp3) is 0.577. The first-order valence-corrected chi connectivity index (χ1v) is 12.0. The molecule has 6 heterocycles. The van der Waals surface area contributed by atoms with Crippen LogP contribution in [0, 0.1) is 11.3 Å².